The third-order valence-corrected chi connectivity index (χ3v) is 5.75. The van der Waals surface area contributed by atoms with Crippen molar-refractivity contribution in [3.63, 3.8) is 0 Å². The Morgan fingerprint density at radius 1 is 1.23 bits per heavy atom. The molecule has 0 radical (unpaired) electrons. The Balaban J connectivity index is 1.73. The summed E-state index contributed by atoms with van der Waals surface area (Å²) in [6, 6.07) is 0. The number of hydrogen-bond donors (Lipinski definition) is 3. The number of nitrogens with zero attached hydrogens (tertiary/aromatic N) is 4. The number of rotatable bonds is 10. The van der Waals surface area contributed by atoms with Crippen LogP contribution in [0.3, 0.4) is 0 Å². The van der Waals surface area contributed by atoms with E-state index in [-0.39, 0.29) is 24.7 Å². The smallest absolute Gasteiger partial charge is 0.297 e. The second-order valence-electron chi connectivity index (χ2n) is 7.99. The predicted molar refractivity (Wildman–Crippen MR) is 105 cm³/mol. The van der Waals surface area contributed by atoms with Gasteiger partial charge in [-0.2, -0.15) is 4.39 Å². The van der Waals surface area contributed by atoms with Gasteiger partial charge in [0, 0.05) is 13.1 Å². The summed E-state index contributed by atoms with van der Waals surface area (Å²) in [6.45, 7) is 0.745. The lowest BCUT2D eigenvalue weighted by Crippen LogP contribution is -2.41. The van der Waals surface area contributed by atoms with E-state index in [1.807, 2.05) is 0 Å². The molecule has 1 aromatic heterocycles. The van der Waals surface area contributed by atoms with Crippen molar-refractivity contribution >= 4 is 24.0 Å². The molecule has 172 valence electrons. The maximum Gasteiger partial charge on any atom is 0.297 e. The monoisotopic (exact) mass is 444 g/mol. The molecular weight excluding hydrogens is 417 g/mol. The fraction of sp³-hybridized carbons (Fsp3) is 0.684. The second kappa shape index (κ2) is 10.6. The fourth-order valence-corrected chi connectivity index (χ4v) is 4.18. The van der Waals surface area contributed by atoms with E-state index in [1.54, 1.807) is 4.90 Å². The molecule has 1 unspecified atom stereocenters. The quantitative estimate of drug-likeness (QED) is 0.289. The SMILES string of the molecule is O=CN(O)CC(CC1CCCC1)C(=O)NNc1nc(C(F)F)nc(N2CCCC2)c1F. The highest BCUT2D eigenvalue weighted by Crippen LogP contribution is 2.31. The van der Waals surface area contributed by atoms with Crippen molar-refractivity contribution < 1.29 is 28.0 Å². The fourth-order valence-electron chi connectivity index (χ4n) is 4.18. The van der Waals surface area contributed by atoms with E-state index in [9.17, 15) is 28.0 Å². The molecule has 2 heterocycles. The van der Waals surface area contributed by atoms with Crippen LogP contribution in [0.5, 0.6) is 0 Å². The molecule has 1 saturated heterocycles. The number of hydroxylamine groups is 2. The molecule has 1 atom stereocenters. The first kappa shape index (κ1) is 23.0. The van der Waals surface area contributed by atoms with Crippen LogP contribution in [-0.4, -0.2) is 52.2 Å². The lowest BCUT2D eigenvalue weighted by molar-refractivity contribution is -0.154. The molecule has 31 heavy (non-hydrogen) atoms. The molecule has 2 fully saturated rings. The van der Waals surface area contributed by atoms with Gasteiger partial charge in [0.15, 0.2) is 17.5 Å². The van der Waals surface area contributed by atoms with Crippen LogP contribution in [0.4, 0.5) is 24.8 Å². The van der Waals surface area contributed by atoms with Gasteiger partial charge in [-0.15, -0.1) is 0 Å². The summed E-state index contributed by atoms with van der Waals surface area (Å²) in [6.07, 6.45) is 3.21. The number of amides is 2. The first-order chi connectivity index (χ1) is 14.9. The second-order valence-corrected chi connectivity index (χ2v) is 7.99. The highest BCUT2D eigenvalue weighted by Gasteiger charge is 2.28. The largest absolute Gasteiger partial charge is 0.354 e. The highest BCUT2D eigenvalue weighted by atomic mass is 19.3. The van der Waals surface area contributed by atoms with Crippen molar-refractivity contribution in [3.8, 4) is 0 Å². The van der Waals surface area contributed by atoms with Crippen molar-refractivity contribution in [2.24, 2.45) is 11.8 Å². The predicted octanol–water partition coefficient (Wildman–Crippen LogP) is 2.64. The van der Waals surface area contributed by atoms with Crippen LogP contribution in [0.25, 0.3) is 0 Å². The minimum atomic E-state index is -3.01. The van der Waals surface area contributed by atoms with Gasteiger partial charge in [-0.3, -0.25) is 25.6 Å². The van der Waals surface area contributed by atoms with Crippen LogP contribution in [0.2, 0.25) is 0 Å². The zero-order valence-corrected chi connectivity index (χ0v) is 17.1. The number of alkyl halides is 2. The third kappa shape index (κ3) is 5.96. The van der Waals surface area contributed by atoms with E-state index in [0.717, 1.165) is 38.5 Å². The molecule has 9 nitrogen and oxygen atoms in total. The van der Waals surface area contributed by atoms with Gasteiger partial charge in [-0.05, 0) is 25.2 Å². The molecule has 1 aromatic rings. The zero-order chi connectivity index (χ0) is 22.4. The Labute approximate surface area is 177 Å². The average Bonchev–Trinajstić information content (AvgIpc) is 3.46. The van der Waals surface area contributed by atoms with E-state index < -0.39 is 35.7 Å². The van der Waals surface area contributed by atoms with Crippen LogP contribution >= 0.6 is 0 Å². The molecule has 0 aromatic carbocycles. The van der Waals surface area contributed by atoms with Crippen molar-refractivity contribution in [2.45, 2.75) is 51.4 Å². The van der Waals surface area contributed by atoms with E-state index in [0.29, 0.717) is 24.6 Å². The van der Waals surface area contributed by atoms with Crippen LogP contribution in [0.15, 0.2) is 0 Å². The highest BCUT2D eigenvalue weighted by molar-refractivity contribution is 5.80. The van der Waals surface area contributed by atoms with Gasteiger partial charge in [0.1, 0.15) is 0 Å². The van der Waals surface area contributed by atoms with Crippen LogP contribution < -0.4 is 15.8 Å². The standard InChI is InChI=1S/C19H27F3N6O3/c20-14-16(23-17(15(21)22)24-18(14)27-7-3-4-8-27)25-26-19(30)13(10-28(31)11-29)9-12-5-1-2-6-12/h11-13,15,31H,1-10H2,(H,26,30)(H,23,24,25). The van der Waals surface area contributed by atoms with Gasteiger partial charge in [0.05, 0.1) is 12.5 Å². The van der Waals surface area contributed by atoms with Crippen molar-refractivity contribution in [1.29, 1.82) is 0 Å². The number of nitrogens with one attached hydrogen (secondary N) is 2. The molecule has 12 heteroatoms. The van der Waals surface area contributed by atoms with Crippen molar-refractivity contribution in [1.82, 2.24) is 20.5 Å². The summed E-state index contributed by atoms with van der Waals surface area (Å²) in [5, 5.41) is 9.91. The lowest BCUT2D eigenvalue weighted by Gasteiger charge is -2.23. The minimum Gasteiger partial charge on any atom is -0.354 e. The Morgan fingerprint density at radius 2 is 1.90 bits per heavy atom. The molecule has 0 spiro atoms. The van der Waals surface area contributed by atoms with Gasteiger partial charge in [-0.25, -0.2) is 23.8 Å². The summed E-state index contributed by atoms with van der Waals surface area (Å²) in [7, 11) is 0. The summed E-state index contributed by atoms with van der Waals surface area (Å²) < 4.78 is 41.4. The first-order valence-electron chi connectivity index (χ1n) is 10.5. The maximum atomic E-state index is 14.9. The molecule has 1 aliphatic carbocycles. The summed E-state index contributed by atoms with van der Waals surface area (Å²) in [4.78, 5) is 32.2. The third-order valence-electron chi connectivity index (χ3n) is 5.75. The number of carbonyl (C=O) groups is 2. The van der Waals surface area contributed by atoms with Gasteiger partial charge >= 0.3 is 0 Å². The Bertz CT molecular complexity index is 773. The number of anilines is 2. The molecular formula is C19H27F3N6O3. The maximum absolute atomic E-state index is 14.9. The van der Waals surface area contributed by atoms with E-state index >= 15 is 0 Å². The average molecular weight is 444 g/mol. The molecule has 1 saturated carbocycles. The van der Waals surface area contributed by atoms with Gasteiger partial charge < -0.3 is 4.90 Å². The molecule has 3 N–H and O–H groups in total. The Morgan fingerprint density at radius 3 is 2.52 bits per heavy atom. The van der Waals surface area contributed by atoms with Crippen molar-refractivity contribution in [2.75, 3.05) is 30.0 Å². The summed E-state index contributed by atoms with van der Waals surface area (Å²) in [5.41, 5.74) is 4.59. The van der Waals surface area contributed by atoms with Crippen LogP contribution in [0.1, 0.15) is 57.2 Å². The van der Waals surface area contributed by atoms with E-state index in [4.69, 9.17) is 0 Å². The topological polar surface area (TPSA) is 111 Å². The number of hydrazine groups is 1. The number of halogens is 3. The summed E-state index contributed by atoms with van der Waals surface area (Å²) in [5.74, 6) is -3.66. The Hall–Kier alpha value is -2.63. The molecule has 2 aliphatic rings. The molecule has 3 rings (SSSR count). The van der Waals surface area contributed by atoms with Crippen LogP contribution in [-0.2, 0) is 9.59 Å². The molecule has 2 amide bonds. The zero-order valence-electron chi connectivity index (χ0n) is 17.1. The minimum absolute atomic E-state index is 0.198. The van der Waals surface area contributed by atoms with Crippen LogP contribution in [0, 0.1) is 17.7 Å². The number of hydrogen-bond acceptors (Lipinski definition) is 7. The van der Waals surface area contributed by atoms with Gasteiger partial charge in [0.25, 0.3) is 6.43 Å². The van der Waals surface area contributed by atoms with E-state index in [1.165, 1.54) is 0 Å². The van der Waals surface area contributed by atoms with E-state index in [2.05, 4.69) is 20.8 Å². The first-order valence-corrected chi connectivity index (χ1v) is 10.5. The van der Waals surface area contributed by atoms with Gasteiger partial charge in [-0.1, -0.05) is 25.7 Å². The number of carbonyl (C=O) groups excluding carboxylic acids is 2. The van der Waals surface area contributed by atoms with Gasteiger partial charge in [0.2, 0.25) is 18.1 Å². The lowest BCUT2D eigenvalue weighted by atomic mass is 9.92. The molecule has 1 aliphatic heterocycles. The Kier molecular flexibility index (Phi) is 7.88. The van der Waals surface area contributed by atoms with Crippen molar-refractivity contribution in [3.05, 3.63) is 11.6 Å². The number of aromatic nitrogens is 2. The normalized spacial score (nSPS) is 17.8. The summed E-state index contributed by atoms with van der Waals surface area (Å²) >= 11 is 0. The molecule has 0 bridgehead atoms.